The van der Waals surface area contributed by atoms with Crippen molar-refractivity contribution in [3.8, 4) is 0 Å². The highest BCUT2D eigenvalue weighted by atomic mass is 19.4. The Balaban J connectivity index is 2.85. The Hall–Kier alpha value is -0.250. The fourth-order valence-electron chi connectivity index (χ4n) is 2.74. The average Bonchev–Trinajstić information content (AvgIpc) is 2.17. The van der Waals surface area contributed by atoms with Crippen LogP contribution in [0.2, 0.25) is 0 Å². The van der Waals surface area contributed by atoms with E-state index < -0.39 is 11.7 Å². The molecule has 0 bridgehead atoms. The van der Waals surface area contributed by atoms with Crippen molar-refractivity contribution in [2.45, 2.75) is 58.2 Å². The van der Waals surface area contributed by atoms with Crippen LogP contribution in [-0.2, 0) is 0 Å². The lowest BCUT2D eigenvalue weighted by Gasteiger charge is -2.44. The zero-order valence-corrected chi connectivity index (χ0v) is 10.3. The van der Waals surface area contributed by atoms with Crippen LogP contribution in [0.4, 0.5) is 13.2 Å². The second-order valence-electron chi connectivity index (χ2n) is 5.21. The highest BCUT2D eigenvalue weighted by Gasteiger charge is 2.55. The summed E-state index contributed by atoms with van der Waals surface area (Å²) in [5.41, 5.74) is -1.63. The van der Waals surface area contributed by atoms with Gasteiger partial charge < -0.3 is 5.32 Å². The van der Waals surface area contributed by atoms with E-state index >= 15 is 0 Å². The summed E-state index contributed by atoms with van der Waals surface area (Å²) >= 11 is 0. The third-order valence-corrected chi connectivity index (χ3v) is 3.79. The largest absolute Gasteiger partial charge is 0.406 e. The van der Waals surface area contributed by atoms with Crippen LogP contribution in [0, 0.1) is 11.8 Å². The molecule has 2 unspecified atom stereocenters. The number of nitrogens with one attached hydrogen (secondary N) is 1. The van der Waals surface area contributed by atoms with E-state index in [1.54, 1.807) is 6.92 Å². The zero-order valence-electron chi connectivity index (χ0n) is 10.3. The van der Waals surface area contributed by atoms with Crippen LogP contribution in [0.25, 0.3) is 0 Å². The summed E-state index contributed by atoms with van der Waals surface area (Å²) in [7, 11) is 0. The minimum Gasteiger partial charge on any atom is -0.304 e. The number of alkyl halides is 3. The number of rotatable bonds is 3. The molecule has 0 aliphatic heterocycles. The predicted molar refractivity (Wildman–Crippen MR) is 59.3 cm³/mol. The van der Waals surface area contributed by atoms with Gasteiger partial charge >= 0.3 is 6.18 Å². The molecule has 0 aromatic carbocycles. The van der Waals surface area contributed by atoms with Gasteiger partial charge in [0.1, 0.15) is 5.54 Å². The van der Waals surface area contributed by atoms with E-state index in [-0.39, 0.29) is 18.8 Å². The molecule has 0 radical (unpaired) electrons. The molecular weight excluding hydrogens is 215 g/mol. The third kappa shape index (κ3) is 2.70. The van der Waals surface area contributed by atoms with Crippen molar-refractivity contribution in [3.05, 3.63) is 0 Å². The van der Waals surface area contributed by atoms with Crippen LogP contribution in [0.3, 0.4) is 0 Å². The molecule has 1 aliphatic carbocycles. The van der Waals surface area contributed by atoms with E-state index in [9.17, 15) is 13.2 Å². The Labute approximate surface area is 95.8 Å². The van der Waals surface area contributed by atoms with Crippen LogP contribution >= 0.6 is 0 Å². The number of hydrogen-bond acceptors (Lipinski definition) is 1. The summed E-state index contributed by atoms with van der Waals surface area (Å²) in [6.45, 7) is 6.16. The second-order valence-corrected chi connectivity index (χ2v) is 5.21. The molecule has 0 heterocycles. The maximum absolute atomic E-state index is 13.2. The van der Waals surface area contributed by atoms with Gasteiger partial charge in [0.05, 0.1) is 0 Å². The monoisotopic (exact) mass is 237 g/mol. The smallest absolute Gasteiger partial charge is 0.304 e. The molecule has 1 saturated carbocycles. The first-order valence-electron chi connectivity index (χ1n) is 6.14. The first-order valence-corrected chi connectivity index (χ1v) is 6.14. The van der Waals surface area contributed by atoms with E-state index in [0.29, 0.717) is 18.9 Å². The van der Waals surface area contributed by atoms with Gasteiger partial charge in [-0.15, -0.1) is 0 Å². The van der Waals surface area contributed by atoms with Crippen molar-refractivity contribution < 1.29 is 13.2 Å². The molecule has 1 N–H and O–H groups in total. The Morgan fingerprint density at radius 1 is 1.38 bits per heavy atom. The highest BCUT2D eigenvalue weighted by Crippen LogP contribution is 2.45. The second kappa shape index (κ2) is 4.94. The molecule has 0 aromatic rings. The Morgan fingerprint density at radius 2 is 2.00 bits per heavy atom. The summed E-state index contributed by atoms with van der Waals surface area (Å²) in [6, 6.07) is 0. The van der Waals surface area contributed by atoms with E-state index in [2.05, 4.69) is 5.32 Å². The minimum absolute atomic E-state index is 0.189. The molecule has 1 nitrogen and oxygen atoms in total. The Bertz CT molecular complexity index is 221. The topological polar surface area (TPSA) is 12.0 Å². The van der Waals surface area contributed by atoms with E-state index in [1.165, 1.54) is 0 Å². The quantitative estimate of drug-likeness (QED) is 0.788. The molecule has 2 atom stereocenters. The molecule has 0 aromatic heterocycles. The maximum atomic E-state index is 13.2. The molecular formula is C12H22F3N. The maximum Gasteiger partial charge on any atom is 0.406 e. The van der Waals surface area contributed by atoms with Crippen LogP contribution < -0.4 is 5.32 Å². The molecule has 1 aliphatic rings. The molecule has 0 spiro atoms. The van der Waals surface area contributed by atoms with Crippen LogP contribution in [-0.4, -0.2) is 18.3 Å². The summed E-state index contributed by atoms with van der Waals surface area (Å²) in [5.74, 6) is 0.523. The SMILES string of the molecule is CCNC1(C(F)(F)F)CCCC(C(C)C)C1. The van der Waals surface area contributed by atoms with Gasteiger partial charge in [-0.3, -0.25) is 0 Å². The van der Waals surface area contributed by atoms with Crippen LogP contribution in [0.1, 0.15) is 46.5 Å². The minimum atomic E-state index is -4.13. The summed E-state index contributed by atoms with van der Waals surface area (Å²) in [6.07, 6.45) is -2.05. The first kappa shape index (κ1) is 13.8. The van der Waals surface area contributed by atoms with Crippen molar-refractivity contribution in [1.82, 2.24) is 5.32 Å². The van der Waals surface area contributed by atoms with Gasteiger partial charge in [-0.25, -0.2) is 0 Å². The van der Waals surface area contributed by atoms with Gasteiger partial charge in [-0.05, 0) is 31.2 Å². The van der Waals surface area contributed by atoms with Crippen molar-refractivity contribution in [2.24, 2.45) is 11.8 Å². The van der Waals surface area contributed by atoms with Gasteiger partial charge in [0.25, 0.3) is 0 Å². The molecule has 0 amide bonds. The van der Waals surface area contributed by atoms with Gasteiger partial charge in [0, 0.05) is 0 Å². The Morgan fingerprint density at radius 3 is 2.44 bits per heavy atom. The van der Waals surface area contributed by atoms with Gasteiger partial charge in [-0.2, -0.15) is 13.2 Å². The lowest BCUT2D eigenvalue weighted by molar-refractivity contribution is -0.210. The standard InChI is InChI=1S/C12H22F3N/c1-4-16-11(12(13,14)15)7-5-6-10(8-11)9(2)3/h9-10,16H,4-8H2,1-3H3. The molecule has 0 saturated heterocycles. The normalized spacial score (nSPS) is 32.1. The zero-order chi connectivity index (χ0) is 12.4. The summed E-state index contributed by atoms with van der Waals surface area (Å²) < 4.78 is 39.5. The lowest BCUT2D eigenvalue weighted by atomic mass is 9.71. The van der Waals surface area contributed by atoms with E-state index in [0.717, 1.165) is 6.42 Å². The van der Waals surface area contributed by atoms with Gasteiger partial charge in [0.2, 0.25) is 0 Å². The third-order valence-electron chi connectivity index (χ3n) is 3.79. The van der Waals surface area contributed by atoms with Crippen molar-refractivity contribution in [1.29, 1.82) is 0 Å². The fraction of sp³-hybridized carbons (Fsp3) is 1.00. The first-order chi connectivity index (χ1) is 7.32. The van der Waals surface area contributed by atoms with Crippen molar-refractivity contribution in [2.75, 3.05) is 6.54 Å². The summed E-state index contributed by atoms with van der Waals surface area (Å²) in [5, 5.41) is 2.70. The van der Waals surface area contributed by atoms with E-state index in [4.69, 9.17) is 0 Å². The lowest BCUT2D eigenvalue weighted by Crippen LogP contribution is -2.59. The fourth-order valence-corrected chi connectivity index (χ4v) is 2.74. The van der Waals surface area contributed by atoms with E-state index in [1.807, 2.05) is 13.8 Å². The summed E-state index contributed by atoms with van der Waals surface area (Å²) in [4.78, 5) is 0. The Kier molecular flexibility index (Phi) is 4.27. The van der Waals surface area contributed by atoms with Crippen LogP contribution in [0.15, 0.2) is 0 Å². The number of halogens is 3. The molecule has 1 rings (SSSR count). The number of hydrogen-bond donors (Lipinski definition) is 1. The molecule has 1 fully saturated rings. The van der Waals surface area contributed by atoms with Crippen LogP contribution in [0.5, 0.6) is 0 Å². The molecule has 96 valence electrons. The van der Waals surface area contributed by atoms with Gasteiger partial charge in [0.15, 0.2) is 0 Å². The molecule has 16 heavy (non-hydrogen) atoms. The van der Waals surface area contributed by atoms with Gasteiger partial charge in [-0.1, -0.05) is 33.6 Å². The highest BCUT2D eigenvalue weighted by molar-refractivity contribution is 4.99. The predicted octanol–water partition coefficient (Wildman–Crippen LogP) is 3.74. The molecule has 4 heteroatoms. The van der Waals surface area contributed by atoms with Crippen molar-refractivity contribution in [3.63, 3.8) is 0 Å². The van der Waals surface area contributed by atoms with Crippen molar-refractivity contribution >= 4 is 0 Å². The average molecular weight is 237 g/mol.